The molecule has 1 aliphatic rings. The highest BCUT2D eigenvalue weighted by atomic mass is 35.5. The first-order valence-corrected chi connectivity index (χ1v) is 7.81. The van der Waals surface area contributed by atoms with Gasteiger partial charge in [-0.05, 0) is 12.8 Å². The molecule has 2 rings (SSSR count). The lowest BCUT2D eigenvalue weighted by Crippen LogP contribution is -2.28. The second-order valence-electron chi connectivity index (χ2n) is 5.74. The highest BCUT2D eigenvalue weighted by Gasteiger charge is 2.18. The largest absolute Gasteiger partial charge is 0.380 e. The number of hydrogen-bond donors (Lipinski definition) is 3. The van der Waals surface area contributed by atoms with Crippen molar-refractivity contribution in [1.29, 1.82) is 0 Å². The van der Waals surface area contributed by atoms with Gasteiger partial charge in [0.05, 0.1) is 12.5 Å². The van der Waals surface area contributed by atoms with Crippen molar-refractivity contribution < 1.29 is 9.53 Å². The van der Waals surface area contributed by atoms with Crippen molar-refractivity contribution >= 4 is 24.1 Å². The third-order valence-corrected chi connectivity index (χ3v) is 4.17. The van der Waals surface area contributed by atoms with Crippen molar-refractivity contribution in [3.8, 4) is 0 Å². The zero-order valence-electron chi connectivity index (χ0n) is 13.1. The second-order valence-corrected chi connectivity index (χ2v) is 5.74. The Morgan fingerprint density at radius 1 is 1.45 bits per heavy atom. The first-order chi connectivity index (χ1) is 10.2. The molecule has 0 spiro atoms. The number of halogens is 1. The van der Waals surface area contributed by atoms with Crippen LogP contribution in [-0.4, -0.2) is 35.9 Å². The van der Waals surface area contributed by atoms with Crippen LogP contribution >= 0.6 is 12.4 Å². The van der Waals surface area contributed by atoms with Crippen molar-refractivity contribution in [2.45, 2.75) is 57.0 Å². The molecule has 1 unspecified atom stereocenters. The first kappa shape index (κ1) is 18.9. The number of carbonyl (C=O) groups excluding carboxylic acids is 1. The summed E-state index contributed by atoms with van der Waals surface area (Å²) in [6.07, 6.45) is 7.61. The van der Waals surface area contributed by atoms with Crippen LogP contribution in [0.4, 0.5) is 5.82 Å². The van der Waals surface area contributed by atoms with Crippen molar-refractivity contribution in [3.05, 3.63) is 11.8 Å². The Kier molecular flexibility index (Phi) is 8.45. The van der Waals surface area contributed by atoms with Crippen LogP contribution in [0.2, 0.25) is 0 Å². The Morgan fingerprint density at radius 3 is 2.73 bits per heavy atom. The Morgan fingerprint density at radius 2 is 2.14 bits per heavy atom. The van der Waals surface area contributed by atoms with E-state index in [0.717, 1.165) is 5.69 Å². The van der Waals surface area contributed by atoms with Crippen molar-refractivity contribution in [1.82, 2.24) is 10.2 Å². The quantitative estimate of drug-likeness (QED) is 0.699. The van der Waals surface area contributed by atoms with E-state index in [0.29, 0.717) is 18.3 Å². The summed E-state index contributed by atoms with van der Waals surface area (Å²) in [4.78, 5) is 11.9. The summed E-state index contributed by atoms with van der Waals surface area (Å²) in [6.45, 7) is 0.331. The van der Waals surface area contributed by atoms with E-state index in [2.05, 4.69) is 15.5 Å². The fourth-order valence-corrected chi connectivity index (χ4v) is 2.86. The van der Waals surface area contributed by atoms with Gasteiger partial charge in [0.2, 0.25) is 5.91 Å². The fraction of sp³-hybridized carbons (Fsp3) is 0.733. The van der Waals surface area contributed by atoms with E-state index in [1.54, 1.807) is 7.11 Å². The number of carbonyl (C=O) groups is 1. The van der Waals surface area contributed by atoms with Gasteiger partial charge in [-0.2, -0.15) is 5.10 Å². The van der Waals surface area contributed by atoms with E-state index < -0.39 is 0 Å². The predicted octanol–water partition coefficient (Wildman–Crippen LogP) is 2.57. The minimum atomic E-state index is -0.245. The molecule has 1 saturated carbocycles. The molecule has 126 valence electrons. The first-order valence-electron chi connectivity index (χ1n) is 7.81. The number of nitrogens with two attached hydrogens (primary N) is 1. The molecule has 7 heteroatoms. The van der Waals surface area contributed by atoms with Gasteiger partial charge >= 0.3 is 0 Å². The minimum absolute atomic E-state index is 0. The molecule has 0 radical (unpaired) electrons. The Balaban J connectivity index is 0.00000242. The molecule has 0 saturated heterocycles. The average molecular weight is 331 g/mol. The van der Waals surface area contributed by atoms with Crippen LogP contribution in [0, 0.1) is 0 Å². The zero-order valence-corrected chi connectivity index (χ0v) is 14.0. The number of amides is 1. The summed E-state index contributed by atoms with van der Waals surface area (Å²) in [7, 11) is 1.56. The Labute approximate surface area is 138 Å². The number of hydrogen-bond acceptors (Lipinski definition) is 4. The van der Waals surface area contributed by atoms with E-state index in [4.69, 9.17) is 10.5 Å². The molecule has 1 aromatic heterocycles. The third-order valence-electron chi connectivity index (χ3n) is 4.17. The van der Waals surface area contributed by atoms with Crippen molar-refractivity contribution in [2.75, 3.05) is 19.0 Å². The lowest BCUT2D eigenvalue weighted by atomic mass is 9.97. The van der Waals surface area contributed by atoms with Gasteiger partial charge in [-0.25, -0.2) is 0 Å². The second kappa shape index (κ2) is 9.82. The molecule has 1 fully saturated rings. The van der Waals surface area contributed by atoms with E-state index in [-0.39, 0.29) is 30.8 Å². The van der Waals surface area contributed by atoms with Crippen molar-refractivity contribution in [3.63, 3.8) is 0 Å². The van der Waals surface area contributed by atoms with Gasteiger partial charge in [-0.15, -0.1) is 12.4 Å². The van der Waals surface area contributed by atoms with Gasteiger partial charge in [0, 0.05) is 31.3 Å². The lowest BCUT2D eigenvalue weighted by molar-refractivity contribution is -0.118. The fourth-order valence-electron chi connectivity index (χ4n) is 2.86. The molecule has 1 amide bonds. The van der Waals surface area contributed by atoms with Gasteiger partial charge in [0.15, 0.2) is 5.82 Å². The standard InChI is InChI=1S/C15H26N4O2.ClH/c1-21-12(10-16)8-15(20)17-14-9-13(18-19-14)11-6-4-2-3-5-7-11;/h9,11-12H,2-8,10,16H2,1H3,(H2,17,18,19,20);1H. The van der Waals surface area contributed by atoms with Crippen LogP contribution < -0.4 is 11.1 Å². The summed E-state index contributed by atoms with van der Waals surface area (Å²) in [5.74, 6) is 1.01. The van der Waals surface area contributed by atoms with Gasteiger partial charge < -0.3 is 15.8 Å². The molecule has 1 atom stereocenters. The minimum Gasteiger partial charge on any atom is -0.380 e. The molecule has 4 N–H and O–H groups in total. The van der Waals surface area contributed by atoms with Crippen LogP contribution in [-0.2, 0) is 9.53 Å². The van der Waals surface area contributed by atoms with Crippen LogP contribution in [0.25, 0.3) is 0 Å². The number of ether oxygens (including phenoxy) is 1. The molecule has 1 aliphatic carbocycles. The number of nitrogens with zero attached hydrogens (tertiary/aromatic N) is 1. The molecular formula is C15H27ClN4O2. The van der Waals surface area contributed by atoms with Crippen LogP contribution in [0.15, 0.2) is 6.07 Å². The molecular weight excluding hydrogens is 304 g/mol. The van der Waals surface area contributed by atoms with Gasteiger partial charge in [-0.3, -0.25) is 9.89 Å². The number of H-pyrrole nitrogens is 1. The van der Waals surface area contributed by atoms with Gasteiger partial charge in [0.1, 0.15) is 0 Å². The van der Waals surface area contributed by atoms with E-state index in [9.17, 15) is 4.79 Å². The van der Waals surface area contributed by atoms with Crippen LogP contribution in [0.1, 0.15) is 56.6 Å². The Hall–Kier alpha value is -1.11. The SMILES string of the molecule is COC(CN)CC(=O)Nc1cc(C2CCCCCC2)[nH]n1.Cl. The number of aromatic nitrogens is 2. The number of methoxy groups -OCH3 is 1. The summed E-state index contributed by atoms with van der Waals surface area (Å²) in [5.41, 5.74) is 6.65. The number of rotatable bonds is 6. The monoisotopic (exact) mass is 330 g/mol. The third kappa shape index (κ3) is 5.59. The van der Waals surface area contributed by atoms with Gasteiger partial charge in [0.25, 0.3) is 0 Å². The summed E-state index contributed by atoms with van der Waals surface area (Å²) < 4.78 is 5.11. The molecule has 0 bridgehead atoms. The average Bonchev–Trinajstić information content (AvgIpc) is 2.77. The van der Waals surface area contributed by atoms with E-state index in [1.807, 2.05) is 6.07 Å². The van der Waals surface area contributed by atoms with Gasteiger partial charge in [-0.1, -0.05) is 25.7 Å². The normalized spacial score (nSPS) is 17.4. The number of aromatic amines is 1. The molecule has 0 aromatic carbocycles. The van der Waals surface area contributed by atoms with Crippen molar-refractivity contribution in [2.24, 2.45) is 5.73 Å². The number of nitrogens with one attached hydrogen (secondary N) is 2. The van der Waals surface area contributed by atoms with E-state index in [1.165, 1.54) is 38.5 Å². The lowest BCUT2D eigenvalue weighted by Gasteiger charge is -2.11. The summed E-state index contributed by atoms with van der Waals surface area (Å²) in [6, 6.07) is 1.96. The maximum Gasteiger partial charge on any atom is 0.228 e. The maximum absolute atomic E-state index is 11.9. The predicted molar refractivity (Wildman–Crippen MR) is 89.4 cm³/mol. The highest BCUT2D eigenvalue weighted by Crippen LogP contribution is 2.31. The molecule has 22 heavy (non-hydrogen) atoms. The van der Waals surface area contributed by atoms with Crippen LogP contribution in [0.3, 0.4) is 0 Å². The molecule has 0 aliphatic heterocycles. The summed E-state index contributed by atoms with van der Waals surface area (Å²) in [5, 5.41) is 10.1. The molecule has 1 aromatic rings. The summed E-state index contributed by atoms with van der Waals surface area (Å²) >= 11 is 0. The topological polar surface area (TPSA) is 93.0 Å². The Bertz CT molecular complexity index is 441. The molecule has 6 nitrogen and oxygen atoms in total. The highest BCUT2D eigenvalue weighted by molar-refractivity contribution is 5.90. The van der Waals surface area contributed by atoms with Crippen LogP contribution in [0.5, 0.6) is 0 Å². The maximum atomic E-state index is 11.9. The smallest absolute Gasteiger partial charge is 0.228 e. The molecule has 1 heterocycles. The zero-order chi connectivity index (χ0) is 15.1. The number of anilines is 1. The van der Waals surface area contributed by atoms with E-state index >= 15 is 0 Å².